The topological polar surface area (TPSA) is 24.4 Å². The molecular formula is C10H18N2. The van der Waals surface area contributed by atoms with Gasteiger partial charge in [-0.25, -0.2) is 0 Å². The zero-order valence-electron chi connectivity index (χ0n) is 7.68. The Balaban J connectivity index is 1.80. The average Bonchev–Trinajstić information content (AvgIpc) is 2.59. The lowest BCUT2D eigenvalue weighted by Gasteiger charge is -2.18. The minimum absolute atomic E-state index is 0.752. The molecule has 2 rings (SSSR count). The van der Waals surface area contributed by atoms with Crippen LogP contribution < -0.4 is 5.32 Å². The largest absolute Gasteiger partial charge is 0.371 e. The maximum Gasteiger partial charge on any atom is 0.0965 e. The summed E-state index contributed by atoms with van der Waals surface area (Å²) in [5, 5.41) is 3.57. The molecule has 0 atom stereocenters. The Hall–Kier alpha value is -0.530. The summed E-state index contributed by atoms with van der Waals surface area (Å²) >= 11 is 0. The maximum absolute atomic E-state index is 4.50. The Morgan fingerprint density at radius 2 is 1.92 bits per heavy atom. The van der Waals surface area contributed by atoms with Crippen LogP contribution in [0.4, 0.5) is 0 Å². The van der Waals surface area contributed by atoms with E-state index in [1.807, 2.05) is 0 Å². The summed E-state index contributed by atoms with van der Waals surface area (Å²) in [6.45, 7) is 1.05. The molecule has 1 heterocycles. The number of aliphatic imine (C=N–C) groups is 1. The van der Waals surface area contributed by atoms with Crippen molar-refractivity contribution in [2.75, 3.05) is 6.54 Å². The van der Waals surface area contributed by atoms with Crippen molar-refractivity contribution in [3.8, 4) is 0 Å². The molecule has 2 heteroatoms. The van der Waals surface area contributed by atoms with Crippen LogP contribution in [0.5, 0.6) is 0 Å². The number of hydrogen-bond donors (Lipinski definition) is 1. The Bertz CT molecular complexity index is 169. The summed E-state index contributed by atoms with van der Waals surface area (Å²) in [7, 11) is 0. The molecule has 0 spiro atoms. The smallest absolute Gasteiger partial charge is 0.0965 e. The molecule has 68 valence electrons. The lowest BCUT2D eigenvalue weighted by molar-refractivity contribution is 0.604. The molecule has 12 heavy (non-hydrogen) atoms. The van der Waals surface area contributed by atoms with E-state index < -0.39 is 0 Å². The molecule has 0 saturated heterocycles. The summed E-state index contributed by atoms with van der Waals surface area (Å²) in [6.07, 6.45) is 9.35. The van der Waals surface area contributed by atoms with Crippen LogP contribution in [0, 0.1) is 0 Å². The van der Waals surface area contributed by atoms with Crippen molar-refractivity contribution in [3.63, 3.8) is 0 Å². The Morgan fingerprint density at radius 1 is 1.08 bits per heavy atom. The molecule has 2 nitrogen and oxygen atoms in total. The molecule has 0 aromatic carbocycles. The molecule has 0 bridgehead atoms. The van der Waals surface area contributed by atoms with Crippen LogP contribution >= 0.6 is 0 Å². The predicted octanol–water partition coefficient (Wildman–Crippen LogP) is 2.10. The van der Waals surface area contributed by atoms with E-state index in [0.29, 0.717) is 0 Å². The van der Waals surface area contributed by atoms with E-state index in [0.717, 1.165) is 12.6 Å². The molecule has 1 N–H and O–H groups in total. The fraction of sp³-hybridized carbons (Fsp3) is 0.900. The monoisotopic (exact) mass is 166 g/mol. The molecule has 0 aromatic rings. The summed E-state index contributed by atoms with van der Waals surface area (Å²) in [5.74, 6) is 1.29. The molecule has 1 saturated carbocycles. The first kappa shape index (κ1) is 8.09. The second-order valence-electron chi connectivity index (χ2n) is 3.91. The third-order valence-corrected chi connectivity index (χ3v) is 2.85. The van der Waals surface area contributed by atoms with E-state index in [2.05, 4.69) is 10.3 Å². The summed E-state index contributed by atoms with van der Waals surface area (Å²) in [4.78, 5) is 4.50. The van der Waals surface area contributed by atoms with Crippen LogP contribution in [0.25, 0.3) is 0 Å². The number of rotatable bonds is 1. The third kappa shape index (κ3) is 1.99. The van der Waals surface area contributed by atoms with E-state index in [1.54, 1.807) is 0 Å². The van der Waals surface area contributed by atoms with Crippen LogP contribution in [0.15, 0.2) is 4.99 Å². The highest BCUT2D eigenvalue weighted by Crippen LogP contribution is 2.18. The van der Waals surface area contributed by atoms with Gasteiger partial charge in [-0.2, -0.15) is 0 Å². The Morgan fingerprint density at radius 3 is 2.58 bits per heavy atom. The van der Waals surface area contributed by atoms with Gasteiger partial charge >= 0.3 is 0 Å². The zero-order valence-corrected chi connectivity index (χ0v) is 7.68. The average molecular weight is 166 g/mol. The minimum atomic E-state index is 0.752. The van der Waals surface area contributed by atoms with Crippen molar-refractivity contribution in [1.29, 1.82) is 0 Å². The summed E-state index contributed by atoms with van der Waals surface area (Å²) in [6, 6.07) is 0.752. The highest BCUT2D eigenvalue weighted by atomic mass is 15.0. The molecular weight excluding hydrogens is 148 g/mol. The van der Waals surface area contributed by atoms with Gasteiger partial charge in [-0.05, 0) is 25.7 Å². The number of amidine groups is 1. The Labute approximate surface area is 74.5 Å². The zero-order chi connectivity index (χ0) is 8.23. The fourth-order valence-electron chi connectivity index (χ4n) is 2.12. The highest BCUT2D eigenvalue weighted by Gasteiger charge is 2.16. The standard InChI is InChI=1S/C10H18N2/c1-2-6-9(5-1)12-10-7-3-4-8-11-10/h9H,1-8H2,(H,11,12). The van der Waals surface area contributed by atoms with Gasteiger partial charge in [-0.1, -0.05) is 12.8 Å². The molecule has 2 aliphatic rings. The van der Waals surface area contributed by atoms with Crippen LogP contribution in [0.1, 0.15) is 44.9 Å². The van der Waals surface area contributed by atoms with E-state index in [9.17, 15) is 0 Å². The lowest BCUT2D eigenvalue weighted by Crippen LogP contribution is -2.33. The van der Waals surface area contributed by atoms with E-state index in [-0.39, 0.29) is 0 Å². The highest BCUT2D eigenvalue weighted by molar-refractivity contribution is 5.82. The second-order valence-corrected chi connectivity index (χ2v) is 3.91. The van der Waals surface area contributed by atoms with Crippen molar-refractivity contribution in [2.45, 2.75) is 51.0 Å². The van der Waals surface area contributed by atoms with Gasteiger partial charge in [0, 0.05) is 19.0 Å². The van der Waals surface area contributed by atoms with Gasteiger partial charge in [0.15, 0.2) is 0 Å². The molecule has 0 radical (unpaired) electrons. The van der Waals surface area contributed by atoms with Crippen molar-refractivity contribution in [2.24, 2.45) is 4.99 Å². The Kier molecular flexibility index (Phi) is 2.64. The number of hydrogen-bond acceptors (Lipinski definition) is 2. The first-order valence-electron chi connectivity index (χ1n) is 5.25. The quantitative estimate of drug-likeness (QED) is 0.634. The second kappa shape index (κ2) is 3.92. The van der Waals surface area contributed by atoms with Gasteiger partial charge in [-0.3, -0.25) is 4.99 Å². The van der Waals surface area contributed by atoms with Crippen LogP contribution in [0.2, 0.25) is 0 Å². The van der Waals surface area contributed by atoms with Crippen molar-refractivity contribution >= 4 is 5.84 Å². The van der Waals surface area contributed by atoms with E-state index in [1.165, 1.54) is 50.8 Å². The maximum atomic E-state index is 4.50. The van der Waals surface area contributed by atoms with Gasteiger partial charge in [0.25, 0.3) is 0 Å². The van der Waals surface area contributed by atoms with Crippen molar-refractivity contribution < 1.29 is 0 Å². The van der Waals surface area contributed by atoms with Gasteiger partial charge in [0.05, 0.1) is 5.84 Å². The molecule has 0 unspecified atom stereocenters. The van der Waals surface area contributed by atoms with Gasteiger partial charge < -0.3 is 5.32 Å². The SMILES string of the molecule is C1CCC(NC2CCCC2)=NC1. The van der Waals surface area contributed by atoms with Crippen LogP contribution in [-0.4, -0.2) is 18.4 Å². The normalized spacial score (nSPS) is 25.5. The van der Waals surface area contributed by atoms with Gasteiger partial charge in [0.2, 0.25) is 0 Å². The molecule has 0 amide bonds. The molecule has 1 fully saturated rings. The van der Waals surface area contributed by atoms with Crippen molar-refractivity contribution in [3.05, 3.63) is 0 Å². The van der Waals surface area contributed by atoms with Gasteiger partial charge in [0.1, 0.15) is 0 Å². The molecule has 0 aromatic heterocycles. The van der Waals surface area contributed by atoms with Gasteiger partial charge in [-0.15, -0.1) is 0 Å². The molecule has 1 aliphatic heterocycles. The first-order chi connectivity index (χ1) is 5.95. The third-order valence-electron chi connectivity index (χ3n) is 2.85. The fourth-order valence-corrected chi connectivity index (χ4v) is 2.12. The van der Waals surface area contributed by atoms with Crippen molar-refractivity contribution in [1.82, 2.24) is 5.32 Å². The minimum Gasteiger partial charge on any atom is -0.371 e. The van der Waals surface area contributed by atoms with Crippen LogP contribution in [-0.2, 0) is 0 Å². The summed E-state index contributed by atoms with van der Waals surface area (Å²) < 4.78 is 0. The predicted molar refractivity (Wildman–Crippen MR) is 51.5 cm³/mol. The van der Waals surface area contributed by atoms with E-state index in [4.69, 9.17) is 0 Å². The molecule has 1 aliphatic carbocycles. The van der Waals surface area contributed by atoms with Crippen LogP contribution in [0.3, 0.4) is 0 Å². The first-order valence-corrected chi connectivity index (χ1v) is 5.25. The number of nitrogens with one attached hydrogen (secondary N) is 1. The number of nitrogens with zero attached hydrogens (tertiary/aromatic N) is 1. The van der Waals surface area contributed by atoms with E-state index >= 15 is 0 Å². The summed E-state index contributed by atoms with van der Waals surface area (Å²) in [5.41, 5.74) is 0. The lowest BCUT2D eigenvalue weighted by atomic mass is 10.1.